The van der Waals surface area contributed by atoms with E-state index in [9.17, 15) is 9.90 Å². The number of aromatic hydroxyl groups is 1. The number of esters is 1. The van der Waals surface area contributed by atoms with Gasteiger partial charge in [-0.25, -0.2) is 4.79 Å². The summed E-state index contributed by atoms with van der Waals surface area (Å²) in [5, 5.41) is 13.4. The standard InChI is InChI=1S/C18H19NO6/c1-3-23-18(21)17(19-11-4-6-12(22-2)7-5-11)13-8-15-16(9-14(13)20)25-10-24-15/h4-9,17,19-20H,3,10H2,1-2H3. The van der Waals surface area contributed by atoms with Crippen molar-refractivity contribution in [2.75, 3.05) is 25.8 Å². The zero-order valence-electron chi connectivity index (χ0n) is 13.9. The number of nitrogens with one attached hydrogen (secondary N) is 1. The zero-order chi connectivity index (χ0) is 17.8. The molecule has 2 aromatic carbocycles. The maximum absolute atomic E-state index is 12.4. The Morgan fingerprint density at radius 3 is 2.56 bits per heavy atom. The fourth-order valence-electron chi connectivity index (χ4n) is 2.52. The molecule has 0 saturated carbocycles. The number of ether oxygens (including phenoxy) is 4. The summed E-state index contributed by atoms with van der Waals surface area (Å²) < 4.78 is 20.8. The Labute approximate surface area is 145 Å². The van der Waals surface area contributed by atoms with E-state index < -0.39 is 12.0 Å². The fourth-order valence-corrected chi connectivity index (χ4v) is 2.52. The van der Waals surface area contributed by atoms with Gasteiger partial charge in [0.2, 0.25) is 6.79 Å². The first-order chi connectivity index (χ1) is 12.1. The molecule has 132 valence electrons. The average molecular weight is 345 g/mol. The molecule has 1 aliphatic heterocycles. The van der Waals surface area contributed by atoms with Gasteiger partial charge < -0.3 is 29.4 Å². The van der Waals surface area contributed by atoms with Crippen molar-refractivity contribution in [1.82, 2.24) is 0 Å². The number of phenols is 1. The van der Waals surface area contributed by atoms with E-state index in [1.165, 1.54) is 6.07 Å². The van der Waals surface area contributed by atoms with E-state index in [0.717, 1.165) is 0 Å². The second kappa shape index (κ2) is 7.21. The molecule has 0 aromatic heterocycles. The van der Waals surface area contributed by atoms with Crippen molar-refractivity contribution in [3.8, 4) is 23.0 Å². The molecule has 2 aromatic rings. The summed E-state index contributed by atoms with van der Waals surface area (Å²) in [6.07, 6.45) is 0. The number of benzene rings is 2. The van der Waals surface area contributed by atoms with E-state index in [1.54, 1.807) is 44.4 Å². The molecule has 1 heterocycles. The molecule has 25 heavy (non-hydrogen) atoms. The van der Waals surface area contributed by atoms with Crippen LogP contribution < -0.4 is 19.5 Å². The van der Waals surface area contributed by atoms with Crippen molar-refractivity contribution in [2.24, 2.45) is 0 Å². The van der Waals surface area contributed by atoms with Crippen LogP contribution in [0.2, 0.25) is 0 Å². The van der Waals surface area contributed by atoms with Crippen molar-refractivity contribution < 1.29 is 28.8 Å². The molecule has 1 aliphatic rings. The van der Waals surface area contributed by atoms with Crippen molar-refractivity contribution in [2.45, 2.75) is 13.0 Å². The minimum Gasteiger partial charge on any atom is -0.507 e. The number of carbonyl (C=O) groups excluding carboxylic acids is 1. The molecular formula is C18H19NO6. The van der Waals surface area contributed by atoms with E-state index in [1.807, 2.05) is 0 Å². The third-order valence-electron chi connectivity index (χ3n) is 3.76. The molecule has 0 aliphatic carbocycles. The lowest BCUT2D eigenvalue weighted by Gasteiger charge is -2.20. The Kier molecular flexibility index (Phi) is 4.83. The van der Waals surface area contributed by atoms with Crippen LogP contribution in [0.1, 0.15) is 18.5 Å². The van der Waals surface area contributed by atoms with Crippen LogP contribution in [0.25, 0.3) is 0 Å². The van der Waals surface area contributed by atoms with E-state index in [2.05, 4.69) is 5.32 Å². The largest absolute Gasteiger partial charge is 0.507 e. The molecule has 3 rings (SSSR count). The van der Waals surface area contributed by atoms with Gasteiger partial charge in [-0.1, -0.05) is 0 Å². The highest BCUT2D eigenvalue weighted by Crippen LogP contribution is 2.40. The van der Waals surface area contributed by atoms with Crippen LogP contribution in [0.5, 0.6) is 23.0 Å². The third-order valence-corrected chi connectivity index (χ3v) is 3.76. The van der Waals surface area contributed by atoms with Crippen molar-refractivity contribution >= 4 is 11.7 Å². The molecule has 1 atom stereocenters. The molecule has 0 radical (unpaired) electrons. The van der Waals surface area contributed by atoms with Crippen molar-refractivity contribution in [3.05, 3.63) is 42.0 Å². The lowest BCUT2D eigenvalue weighted by molar-refractivity contribution is -0.144. The predicted octanol–water partition coefficient (Wildman–Crippen LogP) is 2.85. The minimum atomic E-state index is -0.900. The van der Waals surface area contributed by atoms with Gasteiger partial charge in [0.25, 0.3) is 0 Å². The van der Waals surface area contributed by atoms with Gasteiger partial charge in [-0.05, 0) is 37.3 Å². The van der Waals surface area contributed by atoms with Crippen molar-refractivity contribution in [1.29, 1.82) is 0 Å². The van der Waals surface area contributed by atoms with Gasteiger partial charge in [-0.15, -0.1) is 0 Å². The maximum atomic E-state index is 12.4. The first-order valence-electron chi connectivity index (χ1n) is 7.82. The Morgan fingerprint density at radius 1 is 1.24 bits per heavy atom. The monoisotopic (exact) mass is 345 g/mol. The molecule has 0 fully saturated rings. The van der Waals surface area contributed by atoms with Gasteiger partial charge in [-0.3, -0.25) is 0 Å². The summed E-state index contributed by atoms with van der Waals surface area (Å²) in [7, 11) is 1.58. The second-order valence-electron chi connectivity index (χ2n) is 5.32. The molecule has 7 heteroatoms. The lowest BCUT2D eigenvalue weighted by atomic mass is 10.0. The van der Waals surface area contributed by atoms with Gasteiger partial charge in [0.15, 0.2) is 17.5 Å². The summed E-state index contributed by atoms with van der Waals surface area (Å²) in [6.45, 7) is 2.03. The summed E-state index contributed by atoms with van der Waals surface area (Å²) in [4.78, 5) is 12.4. The number of rotatable bonds is 6. The number of anilines is 1. The van der Waals surface area contributed by atoms with Crippen LogP contribution >= 0.6 is 0 Å². The molecule has 0 amide bonds. The summed E-state index contributed by atoms with van der Waals surface area (Å²) in [5.74, 6) is 1.02. The average Bonchev–Trinajstić information content (AvgIpc) is 3.07. The highest BCUT2D eigenvalue weighted by atomic mass is 16.7. The highest BCUT2D eigenvalue weighted by Gasteiger charge is 2.28. The van der Waals surface area contributed by atoms with Crippen LogP contribution in [0.4, 0.5) is 5.69 Å². The van der Waals surface area contributed by atoms with Gasteiger partial charge in [0, 0.05) is 17.3 Å². The van der Waals surface area contributed by atoms with E-state index >= 15 is 0 Å². The molecule has 0 saturated heterocycles. The number of carbonyl (C=O) groups is 1. The van der Waals surface area contributed by atoms with Gasteiger partial charge in [0.1, 0.15) is 11.5 Å². The number of hydrogen-bond donors (Lipinski definition) is 2. The molecule has 0 spiro atoms. The van der Waals surface area contributed by atoms with E-state index in [0.29, 0.717) is 28.5 Å². The van der Waals surface area contributed by atoms with Crippen molar-refractivity contribution in [3.63, 3.8) is 0 Å². The molecule has 1 unspecified atom stereocenters. The fraction of sp³-hybridized carbons (Fsp3) is 0.278. The molecule has 2 N–H and O–H groups in total. The van der Waals surface area contributed by atoms with Crippen LogP contribution in [-0.4, -0.2) is 31.6 Å². The summed E-state index contributed by atoms with van der Waals surface area (Å²) >= 11 is 0. The maximum Gasteiger partial charge on any atom is 0.333 e. The van der Waals surface area contributed by atoms with Crippen LogP contribution in [-0.2, 0) is 9.53 Å². The predicted molar refractivity (Wildman–Crippen MR) is 90.2 cm³/mol. The number of phenolic OH excluding ortho intramolecular Hbond substituents is 1. The molecule has 0 bridgehead atoms. The smallest absolute Gasteiger partial charge is 0.333 e. The van der Waals surface area contributed by atoms with Crippen LogP contribution in [0, 0.1) is 0 Å². The van der Waals surface area contributed by atoms with E-state index in [4.69, 9.17) is 18.9 Å². The Balaban J connectivity index is 1.93. The summed E-state index contributed by atoms with van der Waals surface area (Å²) in [6, 6.07) is 9.19. The highest BCUT2D eigenvalue weighted by molar-refractivity contribution is 5.82. The van der Waals surface area contributed by atoms with Crippen LogP contribution in [0.3, 0.4) is 0 Å². The quantitative estimate of drug-likeness (QED) is 0.779. The first-order valence-corrected chi connectivity index (χ1v) is 7.82. The third kappa shape index (κ3) is 3.55. The van der Waals surface area contributed by atoms with Gasteiger partial charge in [-0.2, -0.15) is 0 Å². The number of methoxy groups -OCH3 is 1. The Hall–Kier alpha value is -3.09. The van der Waals surface area contributed by atoms with Gasteiger partial charge in [0.05, 0.1) is 13.7 Å². The van der Waals surface area contributed by atoms with Gasteiger partial charge >= 0.3 is 5.97 Å². The minimum absolute atomic E-state index is 0.0776. The Bertz CT molecular complexity index is 759. The van der Waals surface area contributed by atoms with E-state index in [-0.39, 0.29) is 19.1 Å². The SMILES string of the molecule is CCOC(=O)C(Nc1ccc(OC)cc1)c1cc2c(cc1O)OCO2. The van der Waals surface area contributed by atoms with Crippen LogP contribution in [0.15, 0.2) is 36.4 Å². The second-order valence-corrected chi connectivity index (χ2v) is 5.32. The topological polar surface area (TPSA) is 86.3 Å². The zero-order valence-corrected chi connectivity index (χ0v) is 13.9. The molecular weight excluding hydrogens is 326 g/mol. The Morgan fingerprint density at radius 2 is 1.92 bits per heavy atom. The normalized spacial score (nSPS) is 13.2. The lowest BCUT2D eigenvalue weighted by Crippen LogP contribution is -2.23. The first kappa shape index (κ1) is 16.8. The number of fused-ring (bicyclic) bond motifs is 1. The molecule has 7 nitrogen and oxygen atoms in total. The number of hydrogen-bond acceptors (Lipinski definition) is 7. The summed E-state index contributed by atoms with van der Waals surface area (Å²) in [5.41, 5.74) is 1.02.